The summed E-state index contributed by atoms with van der Waals surface area (Å²) < 4.78 is 0. The number of benzene rings is 1. The molecule has 0 radical (unpaired) electrons. The van der Waals surface area contributed by atoms with Crippen molar-refractivity contribution in [3.63, 3.8) is 0 Å². The highest BCUT2D eigenvalue weighted by molar-refractivity contribution is 5.79. The Morgan fingerprint density at radius 1 is 1.35 bits per heavy atom. The number of nitrogens with zero attached hydrogens (tertiary/aromatic N) is 1. The van der Waals surface area contributed by atoms with Gasteiger partial charge in [0.05, 0.1) is 11.1 Å². The van der Waals surface area contributed by atoms with E-state index in [1.807, 2.05) is 31.2 Å². The highest BCUT2D eigenvalue weighted by Gasteiger charge is 2.32. The fraction of sp³-hybridized carbons (Fsp3) is 0.400. The lowest BCUT2D eigenvalue weighted by atomic mass is 9.89. The standard InChI is InChI=1S/C15H17NO/c1-15(17,10-11-4-5-11)13-6-7-14-12(9-13)3-2-8-16-14/h2-3,6-9,11,17H,4-5,10H2,1H3. The molecule has 1 aliphatic carbocycles. The van der Waals surface area contributed by atoms with E-state index >= 15 is 0 Å². The second kappa shape index (κ2) is 3.81. The zero-order chi connectivity index (χ0) is 11.9. The minimum atomic E-state index is -0.703. The molecule has 0 amide bonds. The van der Waals surface area contributed by atoms with Crippen LogP contribution < -0.4 is 0 Å². The molecule has 1 unspecified atom stereocenters. The summed E-state index contributed by atoms with van der Waals surface area (Å²) in [4.78, 5) is 4.30. The van der Waals surface area contributed by atoms with Crippen molar-refractivity contribution < 1.29 is 5.11 Å². The van der Waals surface area contributed by atoms with Gasteiger partial charge in [0.2, 0.25) is 0 Å². The molecule has 1 aromatic heterocycles. The van der Waals surface area contributed by atoms with E-state index in [9.17, 15) is 5.11 Å². The summed E-state index contributed by atoms with van der Waals surface area (Å²) >= 11 is 0. The molecule has 2 aromatic rings. The van der Waals surface area contributed by atoms with Crippen molar-refractivity contribution >= 4 is 10.9 Å². The van der Waals surface area contributed by atoms with Crippen molar-refractivity contribution in [3.8, 4) is 0 Å². The number of rotatable bonds is 3. The van der Waals surface area contributed by atoms with Crippen molar-refractivity contribution in [2.75, 3.05) is 0 Å². The van der Waals surface area contributed by atoms with E-state index in [1.54, 1.807) is 6.20 Å². The summed E-state index contributed by atoms with van der Waals surface area (Å²) in [7, 11) is 0. The van der Waals surface area contributed by atoms with Gasteiger partial charge in [0.15, 0.2) is 0 Å². The van der Waals surface area contributed by atoms with Gasteiger partial charge in [-0.05, 0) is 43.0 Å². The van der Waals surface area contributed by atoms with E-state index < -0.39 is 5.60 Å². The Balaban J connectivity index is 1.98. The molecule has 1 atom stereocenters. The molecule has 1 aromatic carbocycles. The third-order valence-electron chi connectivity index (χ3n) is 3.61. The van der Waals surface area contributed by atoms with Gasteiger partial charge < -0.3 is 5.11 Å². The maximum absolute atomic E-state index is 10.5. The summed E-state index contributed by atoms with van der Waals surface area (Å²) in [6, 6.07) is 10.0. The van der Waals surface area contributed by atoms with Crippen LogP contribution >= 0.6 is 0 Å². The van der Waals surface area contributed by atoms with Crippen LogP contribution in [-0.2, 0) is 5.60 Å². The molecule has 3 rings (SSSR count). The Hall–Kier alpha value is -1.41. The fourth-order valence-electron chi connectivity index (χ4n) is 2.41. The summed E-state index contributed by atoms with van der Waals surface area (Å²) in [6.07, 6.45) is 5.21. The number of hydrogen-bond donors (Lipinski definition) is 1. The molecule has 0 bridgehead atoms. The van der Waals surface area contributed by atoms with E-state index in [1.165, 1.54) is 12.8 Å². The zero-order valence-corrected chi connectivity index (χ0v) is 10.1. The quantitative estimate of drug-likeness (QED) is 0.873. The second-order valence-corrected chi connectivity index (χ2v) is 5.33. The first-order valence-corrected chi connectivity index (χ1v) is 6.23. The Kier molecular flexibility index (Phi) is 2.40. The van der Waals surface area contributed by atoms with Crippen LogP contribution in [0.15, 0.2) is 36.5 Å². The smallest absolute Gasteiger partial charge is 0.0871 e. The first-order chi connectivity index (χ1) is 8.15. The number of aromatic nitrogens is 1. The van der Waals surface area contributed by atoms with E-state index in [-0.39, 0.29) is 0 Å². The topological polar surface area (TPSA) is 33.1 Å². The summed E-state index contributed by atoms with van der Waals surface area (Å²) in [5, 5.41) is 11.6. The summed E-state index contributed by atoms with van der Waals surface area (Å²) in [6.45, 7) is 1.92. The minimum Gasteiger partial charge on any atom is -0.385 e. The van der Waals surface area contributed by atoms with Crippen molar-refractivity contribution in [2.45, 2.75) is 31.8 Å². The molecule has 0 saturated heterocycles. The maximum atomic E-state index is 10.5. The fourth-order valence-corrected chi connectivity index (χ4v) is 2.41. The lowest BCUT2D eigenvalue weighted by Gasteiger charge is -2.24. The van der Waals surface area contributed by atoms with E-state index in [2.05, 4.69) is 11.1 Å². The van der Waals surface area contributed by atoms with Crippen molar-refractivity contribution in [1.82, 2.24) is 4.98 Å². The van der Waals surface area contributed by atoms with Gasteiger partial charge in [-0.15, -0.1) is 0 Å². The van der Waals surface area contributed by atoms with E-state index in [0.717, 1.165) is 28.8 Å². The van der Waals surface area contributed by atoms with E-state index in [4.69, 9.17) is 0 Å². The molecular formula is C15H17NO. The van der Waals surface area contributed by atoms with Crippen molar-refractivity contribution in [1.29, 1.82) is 0 Å². The summed E-state index contributed by atoms with van der Waals surface area (Å²) in [5.41, 5.74) is 1.29. The number of aliphatic hydroxyl groups is 1. The lowest BCUT2D eigenvalue weighted by Crippen LogP contribution is -2.21. The molecule has 2 heteroatoms. The molecule has 88 valence electrons. The van der Waals surface area contributed by atoms with Gasteiger partial charge in [-0.1, -0.05) is 25.0 Å². The molecule has 1 N–H and O–H groups in total. The van der Waals surface area contributed by atoms with Crippen LogP contribution in [0.1, 0.15) is 31.7 Å². The molecule has 1 fully saturated rings. The molecule has 0 aliphatic heterocycles. The minimum absolute atomic E-state index is 0.703. The molecule has 0 spiro atoms. The Labute approximate surface area is 101 Å². The third kappa shape index (κ3) is 2.18. The van der Waals surface area contributed by atoms with Crippen LogP contribution in [0.25, 0.3) is 10.9 Å². The molecule has 2 nitrogen and oxygen atoms in total. The Bertz CT molecular complexity index is 543. The van der Waals surface area contributed by atoms with Gasteiger partial charge in [0, 0.05) is 11.6 Å². The van der Waals surface area contributed by atoms with Gasteiger partial charge in [-0.25, -0.2) is 0 Å². The third-order valence-corrected chi connectivity index (χ3v) is 3.61. The molecule has 1 saturated carbocycles. The monoisotopic (exact) mass is 227 g/mol. The van der Waals surface area contributed by atoms with Crippen LogP contribution in [0.3, 0.4) is 0 Å². The highest BCUT2D eigenvalue weighted by Crippen LogP contribution is 2.40. The summed E-state index contributed by atoms with van der Waals surface area (Å²) in [5.74, 6) is 0.717. The van der Waals surface area contributed by atoms with Crippen LogP contribution in [0.4, 0.5) is 0 Å². The maximum Gasteiger partial charge on any atom is 0.0871 e. The molecule has 17 heavy (non-hydrogen) atoms. The molecular weight excluding hydrogens is 210 g/mol. The van der Waals surface area contributed by atoms with Crippen molar-refractivity contribution in [2.24, 2.45) is 5.92 Å². The van der Waals surface area contributed by atoms with Gasteiger partial charge >= 0.3 is 0 Å². The Morgan fingerprint density at radius 3 is 2.94 bits per heavy atom. The highest BCUT2D eigenvalue weighted by atomic mass is 16.3. The van der Waals surface area contributed by atoms with Gasteiger partial charge in [-0.2, -0.15) is 0 Å². The zero-order valence-electron chi connectivity index (χ0n) is 10.1. The predicted molar refractivity (Wildman–Crippen MR) is 68.7 cm³/mol. The average molecular weight is 227 g/mol. The Morgan fingerprint density at radius 2 is 2.18 bits per heavy atom. The molecule has 1 heterocycles. The normalized spacial score (nSPS) is 19.2. The van der Waals surface area contributed by atoms with Crippen LogP contribution in [-0.4, -0.2) is 10.1 Å². The van der Waals surface area contributed by atoms with Gasteiger partial charge in [0.1, 0.15) is 0 Å². The predicted octanol–water partition coefficient (Wildman–Crippen LogP) is 3.24. The van der Waals surface area contributed by atoms with E-state index in [0.29, 0.717) is 0 Å². The number of pyridine rings is 1. The second-order valence-electron chi connectivity index (χ2n) is 5.33. The van der Waals surface area contributed by atoms with Gasteiger partial charge in [-0.3, -0.25) is 4.98 Å². The first kappa shape index (κ1) is 10.7. The van der Waals surface area contributed by atoms with Gasteiger partial charge in [0.25, 0.3) is 0 Å². The largest absolute Gasteiger partial charge is 0.385 e. The van der Waals surface area contributed by atoms with Crippen molar-refractivity contribution in [3.05, 3.63) is 42.1 Å². The van der Waals surface area contributed by atoms with Crippen LogP contribution in [0.2, 0.25) is 0 Å². The first-order valence-electron chi connectivity index (χ1n) is 6.23. The average Bonchev–Trinajstić information content (AvgIpc) is 3.11. The van der Waals surface area contributed by atoms with Crippen LogP contribution in [0.5, 0.6) is 0 Å². The SMILES string of the molecule is CC(O)(CC1CC1)c1ccc2ncccc2c1. The number of fused-ring (bicyclic) bond motifs is 1. The van der Waals surface area contributed by atoms with Crippen LogP contribution in [0, 0.1) is 5.92 Å². The number of hydrogen-bond acceptors (Lipinski definition) is 2. The molecule has 1 aliphatic rings. The lowest BCUT2D eigenvalue weighted by molar-refractivity contribution is 0.0419.